The van der Waals surface area contributed by atoms with Gasteiger partial charge in [-0.2, -0.15) is 0 Å². The summed E-state index contributed by atoms with van der Waals surface area (Å²) in [6.07, 6.45) is 1.09. The number of anilines is 1. The summed E-state index contributed by atoms with van der Waals surface area (Å²) in [7, 11) is 0. The Kier molecular flexibility index (Phi) is 5.38. The first kappa shape index (κ1) is 13.4. The van der Waals surface area contributed by atoms with Crippen molar-refractivity contribution in [3.63, 3.8) is 0 Å². The fourth-order valence-electron chi connectivity index (χ4n) is 1.23. The van der Waals surface area contributed by atoms with Crippen molar-refractivity contribution in [1.82, 2.24) is 10.3 Å². The average Bonchev–Trinajstić information content (AvgIpc) is 2.29. The maximum Gasteiger partial charge on any atom is 0.250 e. The number of hydrogen-bond acceptors (Lipinski definition) is 5. The number of aliphatic hydroxyl groups excluding tert-OH is 1. The summed E-state index contributed by atoms with van der Waals surface area (Å²) in [6, 6.07) is 3.33. The normalized spacial score (nSPS) is 12.1. The SMILES string of the molecule is CC(O)CNCCNc1ccc(C(N)=O)cn1. The number of amides is 1. The number of nitrogens with two attached hydrogens (primary N) is 1. The number of nitrogens with zero attached hydrogens (tertiary/aromatic N) is 1. The van der Waals surface area contributed by atoms with Crippen LogP contribution in [0.1, 0.15) is 17.3 Å². The Labute approximate surface area is 100 Å². The molecule has 0 saturated carbocycles. The van der Waals surface area contributed by atoms with Crippen LogP contribution in [0, 0.1) is 0 Å². The van der Waals surface area contributed by atoms with Gasteiger partial charge in [0.05, 0.1) is 11.7 Å². The van der Waals surface area contributed by atoms with Crippen LogP contribution < -0.4 is 16.4 Å². The zero-order valence-corrected chi connectivity index (χ0v) is 9.81. The largest absolute Gasteiger partial charge is 0.392 e. The van der Waals surface area contributed by atoms with Gasteiger partial charge in [-0.1, -0.05) is 0 Å². The molecule has 0 spiro atoms. The van der Waals surface area contributed by atoms with Gasteiger partial charge in [-0.05, 0) is 19.1 Å². The predicted octanol–water partition coefficient (Wildman–Crippen LogP) is -0.437. The molecule has 0 aliphatic carbocycles. The molecule has 1 aromatic rings. The van der Waals surface area contributed by atoms with E-state index in [1.807, 2.05) is 0 Å². The van der Waals surface area contributed by atoms with Crippen LogP contribution >= 0.6 is 0 Å². The number of rotatable bonds is 7. The van der Waals surface area contributed by atoms with E-state index in [0.717, 1.165) is 6.54 Å². The molecular weight excluding hydrogens is 220 g/mol. The third-order valence-corrected chi connectivity index (χ3v) is 2.10. The number of hydrogen-bond donors (Lipinski definition) is 4. The van der Waals surface area contributed by atoms with Crippen LogP contribution in [0.3, 0.4) is 0 Å². The molecule has 6 nitrogen and oxygen atoms in total. The smallest absolute Gasteiger partial charge is 0.250 e. The third kappa shape index (κ3) is 5.28. The van der Waals surface area contributed by atoms with Crippen LogP contribution in [0.4, 0.5) is 5.82 Å². The lowest BCUT2D eigenvalue weighted by atomic mass is 10.3. The molecular formula is C11H18N4O2. The van der Waals surface area contributed by atoms with Crippen LogP contribution in [0.2, 0.25) is 0 Å². The maximum atomic E-state index is 10.8. The van der Waals surface area contributed by atoms with Gasteiger partial charge in [-0.15, -0.1) is 0 Å². The van der Waals surface area contributed by atoms with Gasteiger partial charge in [0.25, 0.3) is 0 Å². The number of aromatic nitrogens is 1. The van der Waals surface area contributed by atoms with E-state index in [9.17, 15) is 4.79 Å². The first-order chi connectivity index (χ1) is 8.09. The molecule has 0 aliphatic heterocycles. The zero-order chi connectivity index (χ0) is 12.7. The quantitative estimate of drug-likeness (QED) is 0.483. The minimum absolute atomic E-state index is 0.344. The second-order valence-corrected chi connectivity index (χ2v) is 3.78. The van der Waals surface area contributed by atoms with E-state index < -0.39 is 5.91 Å². The van der Waals surface area contributed by atoms with Crippen LogP contribution in [-0.4, -0.2) is 41.7 Å². The third-order valence-electron chi connectivity index (χ3n) is 2.10. The Bertz CT molecular complexity index is 351. The lowest BCUT2D eigenvalue weighted by molar-refractivity contribution is 0.1000. The second kappa shape index (κ2) is 6.82. The predicted molar refractivity (Wildman–Crippen MR) is 65.8 cm³/mol. The highest BCUT2D eigenvalue weighted by Crippen LogP contribution is 2.03. The summed E-state index contributed by atoms with van der Waals surface area (Å²) >= 11 is 0. The van der Waals surface area contributed by atoms with Crippen LogP contribution in [0.25, 0.3) is 0 Å². The molecule has 0 aliphatic rings. The first-order valence-corrected chi connectivity index (χ1v) is 5.48. The molecule has 17 heavy (non-hydrogen) atoms. The highest BCUT2D eigenvalue weighted by Gasteiger charge is 2.00. The molecule has 0 radical (unpaired) electrons. The van der Waals surface area contributed by atoms with E-state index in [4.69, 9.17) is 10.8 Å². The molecule has 1 heterocycles. The molecule has 6 heteroatoms. The molecule has 5 N–H and O–H groups in total. The highest BCUT2D eigenvalue weighted by atomic mass is 16.3. The summed E-state index contributed by atoms with van der Waals surface area (Å²) in [4.78, 5) is 14.8. The van der Waals surface area contributed by atoms with Crippen LogP contribution in [0.5, 0.6) is 0 Å². The zero-order valence-electron chi connectivity index (χ0n) is 9.81. The molecule has 1 atom stereocenters. The van der Waals surface area contributed by atoms with Gasteiger partial charge in [0.15, 0.2) is 0 Å². The van der Waals surface area contributed by atoms with Crippen molar-refractivity contribution in [2.24, 2.45) is 5.73 Å². The standard InChI is InChI=1S/C11H18N4O2/c1-8(16)6-13-4-5-14-10-3-2-9(7-15-10)11(12)17/h2-3,7-8,13,16H,4-6H2,1H3,(H2,12,17)(H,14,15). The summed E-state index contributed by atoms with van der Waals surface area (Å²) in [5.74, 6) is 0.205. The molecule has 1 amide bonds. The number of aliphatic hydroxyl groups is 1. The minimum atomic E-state index is -0.484. The van der Waals surface area contributed by atoms with Crippen molar-refractivity contribution in [2.45, 2.75) is 13.0 Å². The topological polar surface area (TPSA) is 100 Å². The first-order valence-electron chi connectivity index (χ1n) is 5.48. The number of carbonyl (C=O) groups excluding carboxylic acids is 1. The molecule has 0 bridgehead atoms. The summed E-state index contributed by atoms with van der Waals surface area (Å²) in [6.45, 7) is 3.71. The maximum absolute atomic E-state index is 10.8. The Morgan fingerprint density at radius 1 is 1.53 bits per heavy atom. The second-order valence-electron chi connectivity index (χ2n) is 3.78. The number of nitrogens with one attached hydrogen (secondary N) is 2. The van der Waals surface area contributed by atoms with E-state index in [1.54, 1.807) is 19.1 Å². The summed E-state index contributed by atoms with van der Waals surface area (Å²) in [5, 5.41) is 15.2. The molecule has 1 rings (SSSR count). The minimum Gasteiger partial charge on any atom is -0.392 e. The van der Waals surface area contributed by atoms with E-state index in [2.05, 4.69) is 15.6 Å². The fourth-order valence-corrected chi connectivity index (χ4v) is 1.23. The van der Waals surface area contributed by atoms with Gasteiger partial charge in [-0.3, -0.25) is 4.79 Å². The molecule has 0 saturated heterocycles. The van der Waals surface area contributed by atoms with Gasteiger partial charge in [-0.25, -0.2) is 4.98 Å². The highest BCUT2D eigenvalue weighted by molar-refractivity contribution is 5.92. The van der Waals surface area contributed by atoms with Crippen LogP contribution in [-0.2, 0) is 0 Å². The Morgan fingerprint density at radius 3 is 2.82 bits per heavy atom. The van der Waals surface area contributed by atoms with Crippen molar-refractivity contribution < 1.29 is 9.90 Å². The van der Waals surface area contributed by atoms with Gasteiger partial charge in [0.2, 0.25) is 5.91 Å². The van der Waals surface area contributed by atoms with Crippen molar-refractivity contribution >= 4 is 11.7 Å². The van der Waals surface area contributed by atoms with E-state index in [-0.39, 0.29) is 6.10 Å². The van der Waals surface area contributed by atoms with Gasteiger partial charge < -0.3 is 21.5 Å². The number of pyridine rings is 1. The van der Waals surface area contributed by atoms with Crippen molar-refractivity contribution in [1.29, 1.82) is 0 Å². The average molecular weight is 238 g/mol. The van der Waals surface area contributed by atoms with E-state index >= 15 is 0 Å². The number of primary amides is 1. The van der Waals surface area contributed by atoms with Gasteiger partial charge in [0, 0.05) is 25.8 Å². The number of carbonyl (C=O) groups is 1. The molecule has 1 unspecified atom stereocenters. The Balaban J connectivity index is 2.25. The van der Waals surface area contributed by atoms with Gasteiger partial charge >= 0.3 is 0 Å². The van der Waals surface area contributed by atoms with E-state index in [0.29, 0.717) is 24.5 Å². The van der Waals surface area contributed by atoms with E-state index in [1.165, 1.54) is 6.20 Å². The van der Waals surface area contributed by atoms with Crippen LogP contribution in [0.15, 0.2) is 18.3 Å². The van der Waals surface area contributed by atoms with Gasteiger partial charge in [0.1, 0.15) is 5.82 Å². The summed E-state index contributed by atoms with van der Waals surface area (Å²) in [5.41, 5.74) is 5.49. The summed E-state index contributed by atoms with van der Waals surface area (Å²) < 4.78 is 0. The Morgan fingerprint density at radius 2 is 2.29 bits per heavy atom. The lowest BCUT2D eigenvalue weighted by Crippen LogP contribution is -2.29. The van der Waals surface area contributed by atoms with Crippen molar-refractivity contribution in [3.05, 3.63) is 23.9 Å². The monoisotopic (exact) mass is 238 g/mol. The molecule has 0 aromatic carbocycles. The fraction of sp³-hybridized carbons (Fsp3) is 0.455. The molecule has 0 fully saturated rings. The van der Waals surface area contributed by atoms with Crippen molar-refractivity contribution in [3.8, 4) is 0 Å². The lowest BCUT2D eigenvalue weighted by Gasteiger charge is -2.08. The Hall–Kier alpha value is -1.66. The molecule has 1 aromatic heterocycles. The van der Waals surface area contributed by atoms with Crippen molar-refractivity contribution in [2.75, 3.05) is 25.0 Å². The molecule has 94 valence electrons.